The van der Waals surface area contributed by atoms with Gasteiger partial charge in [0.1, 0.15) is 18.5 Å². The van der Waals surface area contributed by atoms with Gasteiger partial charge in [-0.15, -0.1) is 0 Å². The summed E-state index contributed by atoms with van der Waals surface area (Å²) in [5.74, 6) is -0.144. The fourth-order valence-electron chi connectivity index (χ4n) is 4.19. The van der Waals surface area contributed by atoms with Gasteiger partial charge in [0.05, 0.1) is 11.9 Å². The van der Waals surface area contributed by atoms with Crippen LogP contribution in [0, 0.1) is 0 Å². The highest BCUT2D eigenvalue weighted by Gasteiger charge is 2.39. The number of pyridine rings is 1. The SMILES string of the molecule is O=C1CCC(N2Cc3ccc(COC(=O)Nc4ccc(N5CCC5)nc4)cc3C2=O)C(=O)N1. The predicted octanol–water partition coefficient (Wildman–Crippen LogP) is 1.80. The largest absolute Gasteiger partial charge is 0.444 e. The van der Waals surface area contributed by atoms with E-state index in [9.17, 15) is 19.2 Å². The summed E-state index contributed by atoms with van der Waals surface area (Å²) in [4.78, 5) is 56.6. The molecule has 4 heterocycles. The van der Waals surface area contributed by atoms with E-state index in [1.54, 1.807) is 30.5 Å². The number of hydrogen-bond donors (Lipinski definition) is 2. The highest BCUT2D eigenvalue weighted by molar-refractivity contribution is 6.05. The van der Waals surface area contributed by atoms with Crippen LogP contribution < -0.4 is 15.5 Å². The molecule has 3 aliphatic heterocycles. The molecule has 0 spiro atoms. The Labute approximate surface area is 189 Å². The van der Waals surface area contributed by atoms with Gasteiger partial charge in [0, 0.05) is 31.6 Å². The Morgan fingerprint density at radius 2 is 2.03 bits per heavy atom. The first-order chi connectivity index (χ1) is 16.0. The molecule has 2 aromatic rings. The molecule has 0 aliphatic carbocycles. The van der Waals surface area contributed by atoms with Crippen molar-refractivity contribution in [3.05, 3.63) is 53.2 Å². The molecule has 170 valence electrons. The summed E-state index contributed by atoms with van der Waals surface area (Å²) in [6.07, 6.45) is 2.66. The minimum atomic E-state index is -0.658. The van der Waals surface area contributed by atoms with E-state index < -0.39 is 18.0 Å². The molecule has 1 aromatic heterocycles. The van der Waals surface area contributed by atoms with Crippen molar-refractivity contribution in [2.45, 2.75) is 38.5 Å². The number of carbonyl (C=O) groups is 4. The van der Waals surface area contributed by atoms with Gasteiger partial charge in [0.25, 0.3) is 5.91 Å². The monoisotopic (exact) mass is 449 g/mol. The van der Waals surface area contributed by atoms with Gasteiger partial charge in [0.15, 0.2) is 0 Å². The molecule has 2 fully saturated rings. The summed E-state index contributed by atoms with van der Waals surface area (Å²) >= 11 is 0. The second-order valence-corrected chi connectivity index (χ2v) is 8.34. The summed E-state index contributed by atoms with van der Waals surface area (Å²) in [5, 5.41) is 4.93. The van der Waals surface area contributed by atoms with Gasteiger partial charge in [-0.05, 0) is 42.2 Å². The second kappa shape index (κ2) is 8.53. The predicted molar refractivity (Wildman–Crippen MR) is 117 cm³/mol. The zero-order valence-electron chi connectivity index (χ0n) is 17.9. The Morgan fingerprint density at radius 1 is 1.18 bits per heavy atom. The summed E-state index contributed by atoms with van der Waals surface area (Å²) in [7, 11) is 0. The van der Waals surface area contributed by atoms with E-state index in [-0.39, 0.29) is 24.8 Å². The van der Waals surface area contributed by atoms with Crippen LogP contribution in [0.3, 0.4) is 0 Å². The van der Waals surface area contributed by atoms with Gasteiger partial charge < -0.3 is 14.5 Å². The number of amides is 4. The smallest absolute Gasteiger partial charge is 0.412 e. The van der Waals surface area contributed by atoms with E-state index in [0.29, 0.717) is 29.8 Å². The number of imide groups is 1. The number of piperidine rings is 1. The highest BCUT2D eigenvalue weighted by atomic mass is 16.5. The highest BCUT2D eigenvalue weighted by Crippen LogP contribution is 2.28. The molecule has 0 radical (unpaired) electrons. The zero-order chi connectivity index (χ0) is 22.9. The van der Waals surface area contributed by atoms with E-state index in [1.807, 2.05) is 6.07 Å². The van der Waals surface area contributed by atoms with Crippen molar-refractivity contribution in [1.29, 1.82) is 0 Å². The number of nitrogens with zero attached hydrogens (tertiary/aromatic N) is 3. The molecule has 0 bridgehead atoms. The van der Waals surface area contributed by atoms with E-state index >= 15 is 0 Å². The number of benzene rings is 1. The molecule has 1 aromatic carbocycles. The van der Waals surface area contributed by atoms with E-state index in [2.05, 4.69) is 20.5 Å². The van der Waals surface area contributed by atoms with Crippen LogP contribution in [0.15, 0.2) is 36.5 Å². The van der Waals surface area contributed by atoms with E-state index in [1.165, 1.54) is 4.90 Å². The van der Waals surface area contributed by atoms with Crippen LogP contribution in [0.1, 0.15) is 40.7 Å². The fourth-order valence-corrected chi connectivity index (χ4v) is 4.19. The molecule has 1 atom stereocenters. The number of hydrogen-bond acceptors (Lipinski definition) is 7. The molecule has 4 amide bonds. The van der Waals surface area contributed by atoms with E-state index in [0.717, 1.165) is 30.9 Å². The van der Waals surface area contributed by atoms with Crippen molar-refractivity contribution in [2.75, 3.05) is 23.3 Å². The fraction of sp³-hybridized carbons (Fsp3) is 0.348. The lowest BCUT2D eigenvalue weighted by Gasteiger charge is -2.31. The second-order valence-electron chi connectivity index (χ2n) is 8.34. The molecule has 3 aliphatic rings. The third-order valence-corrected chi connectivity index (χ3v) is 6.14. The summed E-state index contributed by atoms with van der Waals surface area (Å²) in [6.45, 7) is 2.29. The van der Waals surface area contributed by atoms with Crippen molar-refractivity contribution in [3.63, 3.8) is 0 Å². The average molecular weight is 449 g/mol. The minimum Gasteiger partial charge on any atom is -0.444 e. The first-order valence-corrected chi connectivity index (χ1v) is 10.9. The van der Waals surface area contributed by atoms with Crippen LogP contribution in [0.4, 0.5) is 16.3 Å². The Bertz CT molecular complexity index is 1130. The Balaban J connectivity index is 1.17. The van der Waals surface area contributed by atoms with Crippen LogP contribution >= 0.6 is 0 Å². The average Bonchev–Trinajstić information content (AvgIpc) is 3.08. The van der Waals surface area contributed by atoms with Crippen LogP contribution in [0.25, 0.3) is 0 Å². The standard InChI is InChI=1S/C23H23N5O5/c29-20-7-5-18(21(30)26-20)28-12-15-3-2-14(10-17(15)22(28)31)13-33-23(32)25-16-4-6-19(24-11-16)27-8-1-9-27/h2-4,6,10-11,18H,1,5,7-9,12-13H2,(H,25,32)(H,26,29,30). The zero-order valence-corrected chi connectivity index (χ0v) is 17.9. The number of ether oxygens (including phenoxy) is 1. The van der Waals surface area contributed by atoms with Crippen LogP contribution in [0.2, 0.25) is 0 Å². The third kappa shape index (κ3) is 4.23. The Hall–Kier alpha value is -3.95. The minimum absolute atomic E-state index is 0.00982. The molecule has 5 rings (SSSR count). The number of rotatable bonds is 5. The van der Waals surface area contributed by atoms with Gasteiger partial charge in [-0.3, -0.25) is 25.0 Å². The molecule has 33 heavy (non-hydrogen) atoms. The third-order valence-electron chi connectivity index (χ3n) is 6.14. The summed E-state index contributed by atoms with van der Waals surface area (Å²) in [6, 6.07) is 8.24. The van der Waals surface area contributed by atoms with Crippen LogP contribution in [0.5, 0.6) is 0 Å². The van der Waals surface area contributed by atoms with Crippen LogP contribution in [-0.4, -0.2) is 52.8 Å². The first kappa shape index (κ1) is 20.9. The van der Waals surface area contributed by atoms with Crippen molar-refractivity contribution in [3.8, 4) is 0 Å². The maximum atomic E-state index is 12.9. The number of nitrogens with one attached hydrogen (secondary N) is 2. The van der Waals surface area contributed by atoms with Crippen molar-refractivity contribution < 1.29 is 23.9 Å². The summed E-state index contributed by atoms with van der Waals surface area (Å²) in [5.41, 5.74) is 2.47. The van der Waals surface area contributed by atoms with E-state index in [4.69, 9.17) is 4.74 Å². The van der Waals surface area contributed by atoms with Gasteiger partial charge in [-0.1, -0.05) is 12.1 Å². The van der Waals surface area contributed by atoms with Gasteiger partial charge >= 0.3 is 6.09 Å². The lowest BCUT2D eigenvalue weighted by molar-refractivity contribution is -0.136. The molecule has 1 unspecified atom stereocenters. The van der Waals surface area contributed by atoms with Gasteiger partial charge in [-0.2, -0.15) is 0 Å². The molecule has 0 saturated carbocycles. The number of carbonyl (C=O) groups excluding carboxylic acids is 4. The maximum Gasteiger partial charge on any atom is 0.412 e. The van der Waals surface area contributed by atoms with Gasteiger partial charge in [-0.25, -0.2) is 9.78 Å². The number of fused-ring (bicyclic) bond motifs is 1. The summed E-state index contributed by atoms with van der Waals surface area (Å²) < 4.78 is 5.29. The van der Waals surface area contributed by atoms with Crippen molar-refractivity contribution in [2.24, 2.45) is 0 Å². The van der Waals surface area contributed by atoms with Crippen molar-refractivity contribution >= 4 is 35.3 Å². The number of aromatic nitrogens is 1. The van der Waals surface area contributed by atoms with Crippen LogP contribution in [-0.2, 0) is 27.5 Å². The normalized spacial score (nSPS) is 19.6. The molecule has 2 saturated heterocycles. The first-order valence-electron chi connectivity index (χ1n) is 10.9. The topological polar surface area (TPSA) is 121 Å². The molecular formula is C23H23N5O5. The van der Waals surface area contributed by atoms with Crippen molar-refractivity contribution in [1.82, 2.24) is 15.2 Å². The number of anilines is 2. The Kier molecular flexibility index (Phi) is 5.41. The van der Waals surface area contributed by atoms with Gasteiger partial charge in [0.2, 0.25) is 11.8 Å². The quantitative estimate of drug-likeness (QED) is 0.668. The molecule has 2 N–H and O–H groups in total. The maximum absolute atomic E-state index is 12.9. The lowest BCUT2D eigenvalue weighted by Crippen LogP contribution is -2.52. The Morgan fingerprint density at radius 3 is 2.73 bits per heavy atom. The lowest BCUT2D eigenvalue weighted by atomic mass is 10.0. The molecular weight excluding hydrogens is 426 g/mol. The molecule has 10 heteroatoms. The molecule has 10 nitrogen and oxygen atoms in total.